The minimum absolute atomic E-state index is 0.0303. The van der Waals surface area contributed by atoms with Gasteiger partial charge in [0.15, 0.2) is 11.6 Å². The van der Waals surface area contributed by atoms with E-state index >= 15 is 0 Å². The van der Waals surface area contributed by atoms with Crippen LogP contribution in [0.3, 0.4) is 0 Å². The van der Waals surface area contributed by atoms with E-state index in [9.17, 15) is 9.59 Å². The summed E-state index contributed by atoms with van der Waals surface area (Å²) in [6.45, 7) is 12.1. The van der Waals surface area contributed by atoms with Crippen molar-refractivity contribution >= 4 is 50.7 Å². The Morgan fingerprint density at radius 2 is 1.09 bits per heavy atom. The van der Waals surface area contributed by atoms with E-state index < -0.39 is 0 Å². The van der Waals surface area contributed by atoms with Crippen LogP contribution in [-0.2, 0) is 16.1 Å². The fraction of sp³-hybridized carbons (Fsp3) is 0.171. The molecule has 0 aliphatic heterocycles. The minimum Gasteiger partial charge on any atom is -0.302 e. The second-order valence-electron chi connectivity index (χ2n) is 11.2. The number of hydrogen-bond acceptors (Lipinski definition) is 6. The molecule has 1 N–H and O–H groups in total. The molecule has 0 radical (unpaired) electrons. The Bertz CT molecular complexity index is 1670. The summed E-state index contributed by atoms with van der Waals surface area (Å²) in [6.07, 6.45) is 4.24. The molecule has 4 aromatic carbocycles. The number of nitrogens with zero attached hydrogens (tertiary/aromatic N) is 2. The van der Waals surface area contributed by atoms with E-state index in [2.05, 4.69) is 89.2 Å². The molecule has 0 aliphatic rings. The number of thiophene rings is 1. The zero-order valence-corrected chi connectivity index (χ0v) is 27.8. The molecule has 0 amide bonds. The van der Waals surface area contributed by atoms with Gasteiger partial charge in [0.1, 0.15) is 5.00 Å². The van der Waals surface area contributed by atoms with Gasteiger partial charge in [0.05, 0.1) is 11.4 Å². The van der Waals surface area contributed by atoms with Crippen LogP contribution in [0.1, 0.15) is 54.5 Å². The molecule has 47 heavy (non-hydrogen) atoms. The summed E-state index contributed by atoms with van der Waals surface area (Å²) in [5.41, 5.74) is 9.65. The van der Waals surface area contributed by atoms with Gasteiger partial charge in [-0.1, -0.05) is 87.7 Å². The fourth-order valence-corrected chi connectivity index (χ4v) is 6.81. The number of anilines is 5. The van der Waals surface area contributed by atoms with E-state index in [4.69, 9.17) is 0 Å². The highest BCUT2D eigenvalue weighted by Crippen LogP contribution is 2.40. The molecule has 2 atom stereocenters. The van der Waals surface area contributed by atoms with E-state index in [0.29, 0.717) is 19.4 Å². The highest BCUT2D eigenvalue weighted by molar-refractivity contribution is 7.16. The summed E-state index contributed by atoms with van der Waals surface area (Å²) in [5, 5.41) is 3.16. The summed E-state index contributed by atoms with van der Waals surface area (Å²) in [5.74, 6) is -0.358. The smallest absolute Gasteiger partial charge is 0.162 e. The van der Waals surface area contributed by atoms with Crippen LogP contribution in [0.15, 0.2) is 147 Å². The van der Waals surface area contributed by atoms with Crippen molar-refractivity contribution in [2.24, 2.45) is 0 Å². The molecule has 6 heteroatoms. The average molecular weight is 640 g/mol. The van der Waals surface area contributed by atoms with Crippen molar-refractivity contribution in [3.63, 3.8) is 0 Å². The number of hydrogen-bond donors (Lipinski definition) is 1. The predicted molar refractivity (Wildman–Crippen MR) is 197 cm³/mol. The van der Waals surface area contributed by atoms with Gasteiger partial charge in [-0.15, -0.1) is 11.3 Å². The molecule has 1 aromatic heterocycles. The molecular weight excluding hydrogens is 599 g/mol. The van der Waals surface area contributed by atoms with Gasteiger partial charge < -0.3 is 4.90 Å². The van der Waals surface area contributed by atoms with Crippen molar-refractivity contribution < 1.29 is 9.59 Å². The molecule has 0 spiro atoms. The number of carbonyl (C=O) groups is 2. The van der Waals surface area contributed by atoms with Crippen LogP contribution in [0.4, 0.5) is 27.8 Å². The Kier molecular flexibility index (Phi) is 11.3. The molecule has 1 heterocycles. The zero-order valence-electron chi connectivity index (χ0n) is 27.0. The predicted octanol–water partition coefficient (Wildman–Crippen LogP) is 10.6. The lowest BCUT2D eigenvalue weighted by atomic mass is 9.91. The summed E-state index contributed by atoms with van der Waals surface area (Å²) >= 11 is 1.71. The number of para-hydroxylation sites is 2. The van der Waals surface area contributed by atoms with Crippen molar-refractivity contribution in [1.29, 1.82) is 0 Å². The first-order valence-electron chi connectivity index (χ1n) is 16.0. The van der Waals surface area contributed by atoms with Crippen LogP contribution >= 0.6 is 11.3 Å². The van der Waals surface area contributed by atoms with E-state index in [0.717, 1.165) is 38.9 Å². The number of carbonyl (C=O) groups excluding carboxylic acids is 2. The first kappa shape index (κ1) is 33.3. The van der Waals surface area contributed by atoms with Crippen molar-refractivity contribution in [3.8, 4) is 0 Å². The van der Waals surface area contributed by atoms with Gasteiger partial charge >= 0.3 is 0 Å². The minimum atomic E-state index is -0.209. The standard InChI is InChI=1S/C41H41N3O2S/c1-5-37(39(45)7-3)30-19-23-32(24-20-30)43(33-25-21-31(22-26-33)38(6-2)40(46)8-4)41-28-27-36(47-41)29-42-44(34-15-11-9-12-16-34)35-17-13-10-14-18-35/h7-28,37-38,42H,3-6,29H2,1-2H3. The molecule has 5 nitrogen and oxygen atoms in total. The highest BCUT2D eigenvalue weighted by atomic mass is 32.1. The third-order valence-corrected chi connectivity index (χ3v) is 9.39. The van der Waals surface area contributed by atoms with E-state index in [-0.39, 0.29) is 23.4 Å². The highest BCUT2D eigenvalue weighted by Gasteiger charge is 2.21. The maximum Gasteiger partial charge on any atom is 0.162 e. The number of nitrogens with one attached hydrogen (secondary N) is 1. The Labute approximate surface area is 282 Å². The third-order valence-electron chi connectivity index (χ3n) is 8.32. The molecule has 0 bridgehead atoms. The van der Waals surface area contributed by atoms with E-state index in [1.54, 1.807) is 11.3 Å². The molecule has 0 saturated carbocycles. The Morgan fingerprint density at radius 3 is 1.49 bits per heavy atom. The molecule has 0 saturated heterocycles. The van der Waals surface area contributed by atoms with Gasteiger partial charge in [-0.05, 0) is 96.8 Å². The lowest BCUT2D eigenvalue weighted by Crippen LogP contribution is -2.32. The van der Waals surface area contributed by atoms with Gasteiger partial charge in [0.25, 0.3) is 0 Å². The van der Waals surface area contributed by atoms with Gasteiger partial charge in [0, 0.05) is 34.6 Å². The second-order valence-corrected chi connectivity index (χ2v) is 12.4. The SMILES string of the molecule is C=CC(=O)C(CC)c1ccc(N(c2ccc(C(CC)C(=O)C=C)cc2)c2ccc(CNN(c3ccccc3)c3ccccc3)s2)cc1. The van der Waals surface area contributed by atoms with Crippen LogP contribution in [0.25, 0.3) is 0 Å². The second kappa shape index (κ2) is 16.0. The van der Waals surface area contributed by atoms with Crippen LogP contribution in [-0.4, -0.2) is 11.6 Å². The molecule has 238 valence electrons. The summed E-state index contributed by atoms with van der Waals surface area (Å²) in [7, 11) is 0. The first-order valence-corrected chi connectivity index (χ1v) is 16.8. The Morgan fingerprint density at radius 1 is 0.638 bits per heavy atom. The van der Waals surface area contributed by atoms with Crippen LogP contribution in [0, 0.1) is 0 Å². The summed E-state index contributed by atoms with van der Waals surface area (Å²) in [4.78, 5) is 28.4. The zero-order chi connectivity index (χ0) is 33.2. The van der Waals surface area contributed by atoms with Gasteiger partial charge in [-0.25, -0.2) is 5.43 Å². The van der Waals surface area contributed by atoms with Gasteiger partial charge in [-0.2, -0.15) is 0 Å². The van der Waals surface area contributed by atoms with Crippen LogP contribution in [0.5, 0.6) is 0 Å². The van der Waals surface area contributed by atoms with Gasteiger partial charge in [0.2, 0.25) is 0 Å². The van der Waals surface area contributed by atoms with E-state index in [1.165, 1.54) is 17.0 Å². The number of allylic oxidation sites excluding steroid dienone is 2. The molecule has 2 unspecified atom stereocenters. The van der Waals surface area contributed by atoms with Crippen molar-refractivity contribution in [3.05, 3.63) is 163 Å². The number of hydrazine groups is 1. The third kappa shape index (κ3) is 7.86. The molecule has 5 aromatic rings. The lowest BCUT2D eigenvalue weighted by Gasteiger charge is -2.26. The summed E-state index contributed by atoms with van der Waals surface area (Å²) in [6, 6.07) is 41.3. The maximum absolute atomic E-state index is 12.5. The van der Waals surface area contributed by atoms with E-state index in [1.807, 2.05) is 74.5 Å². The average Bonchev–Trinajstić information content (AvgIpc) is 3.59. The topological polar surface area (TPSA) is 52.7 Å². The quantitative estimate of drug-likeness (QED) is 0.0860. The normalized spacial score (nSPS) is 12.1. The van der Waals surface area contributed by atoms with Crippen molar-refractivity contribution in [1.82, 2.24) is 5.43 Å². The summed E-state index contributed by atoms with van der Waals surface area (Å²) < 4.78 is 0. The monoisotopic (exact) mass is 639 g/mol. The van der Waals surface area contributed by atoms with Crippen molar-refractivity contribution in [2.45, 2.75) is 45.1 Å². The number of rotatable bonds is 16. The number of benzene rings is 4. The first-order chi connectivity index (χ1) is 23.0. The fourth-order valence-electron chi connectivity index (χ4n) is 5.83. The largest absolute Gasteiger partial charge is 0.302 e. The van der Waals surface area contributed by atoms with Crippen LogP contribution in [0.2, 0.25) is 0 Å². The molecular formula is C41H41N3O2S. The molecule has 0 aliphatic carbocycles. The molecule has 0 fully saturated rings. The van der Waals surface area contributed by atoms with Gasteiger partial charge in [-0.3, -0.25) is 14.6 Å². The number of ketones is 2. The maximum atomic E-state index is 12.5. The Hall–Kier alpha value is -5.04. The van der Waals surface area contributed by atoms with Crippen LogP contribution < -0.4 is 15.3 Å². The lowest BCUT2D eigenvalue weighted by molar-refractivity contribution is -0.116. The Balaban J connectivity index is 1.47. The molecule has 5 rings (SSSR count). The van der Waals surface area contributed by atoms with Crippen molar-refractivity contribution in [2.75, 3.05) is 9.91 Å².